The molecule has 0 saturated heterocycles. The van der Waals surface area contributed by atoms with Crippen LogP contribution in [-0.4, -0.2) is 37.9 Å². The van der Waals surface area contributed by atoms with Gasteiger partial charge in [-0.05, 0) is 37.8 Å². The van der Waals surface area contributed by atoms with E-state index >= 15 is 0 Å². The van der Waals surface area contributed by atoms with Crippen molar-refractivity contribution in [2.45, 2.75) is 46.6 Å². The Hall–Kier alpha value is -2.24. The molecule has 0 aliphatic carbocycles. The summed E-state index contributed by atoms with van der Waals surface area (Å²) in [6.07, 6.45) is 2.04. The predicted octanol–water partition coefficient (Wildman–Crippen LogP) is 2.52. The van der Waals surface area contributed by atoms with Crippen LogP contribution in [0.3, 0.4) is 0 Å². The second-order valence-electron chi connectivity index (χ2n) is 7.11. The maximum atomic E-state index is 12.7. The van der Waals surface area contributed by atoms with Gasteiger partial charge in [0.05, 0.1) is 18.6 Å². The molecule has 1 atom stereocenters. The third-order valence-electron chi connectivity index (χ3n) is 4.82. The number of amides is 2. The molecule has 5 nitrogen and oxygen atoms in total. The van der Waals surface area contributed by atoms with Gasteiger partial charge >= 0.3 is 12.0 Å². The van der Waals surface area contributed by atoms with E-state index in [0.29, 0.717) is 6.61 Å². The first kappa shape index (κ1) is 20.1. The van der Waals surface area contributed by atoms with Gasteiger partial charge in [-0.3, -0.25) is 4.79 Å². The van der Waals surface area contributed by atoms with Gasteiger partial charge in [-0.25, -0.2) is 4.79 Å². The van der Waals surface area contributed by atoms with Crippen molar-refractivity contribution < 1.29 is 14.3 Å². The highest BCUT2D eigenvalue weighted by Crippen LogP contribution is 2.37. The first-order valence-electron chi connectivity index (χ1n) is 9.02. The zero-order valence-corrected chi connectivity index (χ0v) is 16.3. The fourth-order valence-corrected chi connectivity index (χ4v) is 3.28. The van der Waals surface area contributed by atoms with Gasteiger partial charge in [-0.1, -0.05) is 43.1 Å². The number of esters is 1. The molecule has 1 aliphatic heterocycles. The molecule has 0 fully saturated rings. The van der Waals surface area contributed by atoms with Gasteiger partial charge in [-0.2, -0.15) is 0 Å². The maximum absolute atomic E-state index is 12.7. The number of rotatable bonds is 6. The average Bonchev–Trinajstić information content (AvgIpc) is 2.56. The van der Waals surface area contributed by atoms with E-state index < -0.39 is 5.54 Å². The maximum Gasteiger partial charge on any atom is 0.322 e. The normalized spacial score (nSPS) is 20.0. The van der Waals surface area contributed by atoms with Gasteiger partial charge in [0.25, 0.3) is 0 Å². The van der Waals surface area contributed by atoms with Crippen molar-refractivity contribution in [3.05, 3.63) is 41.1 Å². The molecular formula is C20H27BN2O3. The Morgan fingerprint density at radius 1 is 1.38 bits per heavy atom. The van der Waals surface area contributed by atoms with Crippen LogP contribution in [0.5, 0.6) is 0 Å². The quantitative estimate of drug-likeness (QED) is 0.631. The second-order valence-corrected chi connectivity index (χ2v) is 7.11. The van der Waals surface area contributed by atoms with Crippen LogP contribution in [0.25, 0.3) is 0 Å². The van der Waals surface area contributed by atoms with E-state index in [-0.39, 0.29) is 30.9 Å². The molecule has 0 spiro atoms. The number of nitrogens with zero attached hydrogens (tertiary/aromatic N) is 1. The van der Waals surface area contributed by atoms with Crippen LogP contribution in [0, 0.1) is 12.8 Å². The number of benzene rings is 1. The van der Waals surface area contributed by atoms with E-state index in [9.17, 15) is 9.59 Å². The number of nitrogens with one attached hydrogen (secondary N) is 1. The van der Waals surface area contributed by atoms with Gasteiger partial charge in [0.15, 0.2) is 0 Å². The van der Waals surface area contributed by atoms with Crippen molar-refractivity contribution in [2.24, 2.45) is 5.92 Å². The van der Waals surface area contributed by atoms with Gasteiger partial charge < -0.3 is 15.0 Å². The molecule has 1 N–H and O–H groups in total. The van der Waals surface area contributed by atoms with Crippen molar-refractivity contribution in [3.8, 4) is 0 Å². The highest BCUT2D eigenvalue weighted by atomic mass is 16.5. The van der Waals surface area contributed by atoms with Crippen molar-refractivity contribution in [1.82, 2.24) is 10.2 Å². The third-order valence-corrected chi connectivity index (χ3v) is 4.82. The summed E-state index contributed by atoms with van der Waals surface area (Å²) < 4.78 is 4.95. The molecule has 2 amide bonds. The van der Waals surface area contributed by atoms with E-state index in [1.54, 1.807) is 11.8 Å². The molecule has 1 aromatic carbocycles. The van der Waals surface area contributed by atoms with Crippen LogP contribution in [0.1, 0.15) is 45.2 Å². The Labute approximate surface area is 157 Å². The highest BCUT2D eigenvalue weighted by Gasteiger charge is 2.39. The molecule has 26 heavy (non-hydrogen) atoms. The summed E-state index contributed by atoms with van der Waals surface area (Å²) in [7, 11) is 5.94. The lowest BCUT2D eigenvalue weighted by Crippen LogP contribution is -2.55. The van der Waals surface area contributed by atoms with Crippen LogP contribution in [0.15, 0.2) is 30.0 Å². The zero-order chi connectivity index (χ0) is 19.5. The first-order valence-corrected chi connectivity index (χ1v) is 9.02. The van der Waals surface area contributed by atoms with Crippen molar-refractivity contribution in [2.75, 3.05) is 13.2 Å². The van der Waals surface area contributed by atoms with Crippen LogP contribution >= 0.6 is 0 Å². The molecule has 2 radical (unpaired) electrons. The van der Waals surface area contributed by atoms with E-state index in [4.69, 9.17) is 12.6 Å². The highest BCUT2D eigenvalue weighted by molar-refractivity contribution is 6.33. The van der Waals surface area contributed by atoms with Crippen LogP contribution in [-0.2, 0) is 15.1 Å². The number of carbonyl (C=O) groups is 2. The Kier molecular flexibility index (Phi) is 6.16. The standard InChI is InChI=1S/C20H27BN2O3/c1-6-26-18(24)9-10-23-12-16(13(2)3)20(5,22-19(23)25)15-7-8-17(21)14(4)11-15/h7-8,11-13H,6,9-10H2,1-5H3,(H,22,25). The van der Waals surface area contributed by atoms with E-state index in [2.05, 4.69) is 19.2 Å². The largest absolute Gasteiger partial charge is 0.466 e. The molecule has 1 heterocycles. The lowest BCUT2D eigenvalue weighted by molar-refractivity contribution is -0.143. The Balaban J connectivity index is 2.34. The molecule has 2 rings (SSSR count). The number of hydrogen-bond donors (Lipinski definition) is 1. The SMILES string of the molecule is [B]c1ccc(C2(C)NC(=O)N(CCC(=O)OCC)C=C2C(C)C)cc1C. The fourth-order valence-electron chi connectivity index (χ4n) is 3.28. The lowest BCUT2D eigenvalue weighted by atomic mass is 9.76. The number of carbonyl (C=O) groups excluding carboxylic acids is 2. The lowest BCUT2D eigenvalue weighted by Gasteiger charge is -2.42. The molecule has 6 heteroatoms. The minimum absolute atomic E-state index is 0.167. The molecule has 138 valence electrons. The number of hydrogen-bond acceptors (Lipinski definition) is 3. The summed E-state index contributed by atoms with van der Waals surface area (Å²) in [6, 6.07) is 5.61. The van der Waals surface area contributed by atoms with Crippen molar-refractivity contribution >= 4 is 25.3 Å². The fraction of sp³-hybridized carbons (Fsp3) is 0.500. The van der Waals surface area contributed by atoms with Gasteiger partial charge in [0, 0.05) is 12.7 Å². The average molecular weight is 354 g/mol. The van der Waals surface area contributed by atoms with Crippen LogP contribution in [0.4, 0.5) is 4.79 Å². The summed E-state index contributed by atoms with van der Waals surface area (Å²) in [5.41, 5.74) is 3.15. The summed E-state index contributed by atoms with van der Waals surface area (Å²) in [6.45, 7) is 10.5. The molecule has 1 aliphatic rings. The van der Waals surface area contributed by atoms with Crippen molar-refractivity contribution in [1.29, 1.82) is 0 Å². The van der Waals surface area contributed by atoms with E-state index in [0.717, 1.165) is 22.2 Å². The molecule has 1 aromatic rings. The summed E-state index contributed by atoms with van der Waals surface area (Å²) in [5, 5.41) is 3.12. The van der Waals surface area contributed by atoms with Gasteiger partial charge in [-0.15, -0.1) is 0 Å². The number of ether oxygens (including phenoxy) is 1. The smallest absolute Gasteiger partial charge is 0.322 e. The van der Waals surface area contributed by atoms with Crippen LogP contribution < -0.4 is 10.8 Å². The minimum atomic E-state index is -0.621. The molecule has 0 aromatic heterocycles. The van der Waals surface area contributed by atoms with Gasteiger partial charge in [0.2, 0.25) is 0 Å². The minimum Gasteiger partial charge on any atom is -0.466 e. The first-order chi connectivity index (χ1) is 12.2. The topological polar surface area (TPSA) is 58.6 Å². The van der Waals surface area contributed by atoms with E-state index in [1.807, 2.05) is 38.2 Å². The predicted molar refractivity (Wildman–Crippen MR) is 103 cm³/mol. The second kappa shape index (κ2) is 7.98. The Morgan fingerprint density at radius 2 is 2.08 bits per heavy atom. The Bertz CT molecular complexity index is 730. The molecule has 0 saturated carbocycles. The molecule has 0 bridgehead atoms. The molecular weight excluding hydrogens is 327 g/mol. The van der Waals surface area contributed by atoms with Gasteiger partial charge in [0.1, 0.15) is 7.85 Å². The number of urea groups is 1. The molecule has 1 unspecified atom stereocenters. The monoisotopic (exact) mass is 354 g/mol. The Morgan fingerprint density at radius 3 is 2.65 bits per heavy atom. The zero-order valence-electron chi connectivity index (χ0n) is 16.3. The summed E-state index contributed by atoms with van der Waals surface area (Å²) in [4.78, 5) is 25.8. The van der Waals surface area contributed by atoms with Crippen LogP contribution in [0.2, 0.25) is 0 Å². The number of aryl methyl sites for hydroxylation is 1. The third kappa shape index (κ3) is 4.11. The summed E-state index contributed by atoms with van der Waals surface area (Å²) in [5.74, 6) is -0.0918. The van der Waals surface area contributed by atoms with E-state index in [1.165, 1.54) is 0 Å². The summed E-state index contributed by atoms with van der Waals surface area (Å²) >= 11 is 0. The van der Waals surface area contributed by atoms with Crippen molar-refractivity contribution in [3.63, 3.8) is 0 Å².